The molecule has 0 radical (unpaired) electrons. The lowest BCUT2D eigenvalue weighted by atomic mass is 10.1. The maximum Gasteiger partial charge on any atom is 0.359 e. The minimum atomic E-state index is -0.618. The molecular formula is C13H14FN3O2. The quantitative estimate of drug-likeness (QED) is 0.678. The molecule has 0 bridgehead atoms. The minimum absolute atomic E-state index is 0.0203. The van der Waals surface area contributed by atoms with Crippen LogP contribution in [0.2, 0.25) is 0 Å². The van der Waals surface area contributed by atoms with Crippen LogP contribution in [-0.4, -0.2) is 22.2 Å². The van der Waals surface area contributed by atoms with E-state index in [2.05, 4.69) is 4.98 Å². The fourth-order valence-corrected chi connectivity index (χ4v) is 1.80. The summed E-state index contributed by atoms with van der Waals surface area (Å²) >= 11 is 0. The number of aromatic nitrogens is 2. The van der Waals surface area contributed by atoms with Crippen molar-refractivity contribution in [3.63, 3.8) is 0 Å². The van der Waals surface area contributed by atoms with Gasteiger partial charge in [-0.05, 0) is 26.0 Å². The Balaban J connectivity index is 2.62. The Morgan fingerprint density at radius 3 is 2.79 bits per heavy atom. The number of aryl methyl sites for hydroxylation is 1. The van der Waals surface area contributed by atoms with Gasteiger partial charge in [0.05, 0.1) is 6.61 Å². The van der Waals surface area contributed by atoms with Crippen LogP contribution in [0.4, 0.5) is 4.39 Å². The Kier molecular flexibility index (Phi) is 3.50. The molecule has 6 heteroatoms. The molecule has 0 amide bonds. The highest BCUT2D eigenvalue weighted by molar-refractivity contribution is 5.94. The van der Waals surface area contributed by atoms with Gasteiger partial charge in [-0.3, -0.25) is 0 Å². The molecule has 0 spiro atoms. The Labute approximate surface area is 109 Å². The number of hydrogen-bond acceptors (Lipinski definition) is 4. The van der Waals surface area contributed by atoms with Gasteiger partial charge in [0.25, 0.3) is 0 Å². The molecular weight excluding hydrogens is 249 g/mol. The van der Waals surface area contributed by atoms with E-state index >= 15 is 0 Å². The second-order valence-electron chi connectivity index (χ2n) is 3.93. The van der Waals surface area contributed by atoms with Crippen LogP contribution in [0, 0.1) is 12.7 Å². The largest absolute Gasteiger partial charge is 0.461 e. The van der Waals surface area contributed by atoms with Crippen molar-refractivity contribution in [3.8, 4) is 11.3 Å². The number of rotatable bonds is 3. The molecule has 0 saturated carbocycles. The van der Waals surface area contributed by atoms with E-state index in [0.29, 0.717) is 5.82 Å². The van der Waals surface area contributed by atoms with Gasteiger partial charge in [0.15, 0.2) is 5.69 Å². The summed E-state index contributed by atoms with van der Waals surface area (Å²) in [5.74, 6) is 5.13. The smallest absolute Gasteiger partial charge is 0.359 e. The third-order valence-electron chi connectivity index (χ3n) is 2.69. The van der Waals surface area contributed by atoms with Gasteiger partial charge in [-0.2, -0.15) is 0 Å². The normalized spacial score (nSPS) is 10.5. The zero-order chi connectivity index (χ0) is 14.0. The fourth-order valence-electron chi connectivity index (χ4n) is 1.80. The van der Waals surface area contributed by atoms with Crippen molar-refractivity contribution in [2.24, 2.45) is 0 Å². The number of esters is 1. The Hall–Kier alpha value is -2.37. The molecule has 1 aromatic carbocycles. The summed E-state index contributed by atoms with van der Waals surface area (Å²) in [7, 11) is 0. The van der Waals surface area contributed by atoms with Crippen molar-refractivity contribution in [1.29, 1.82) is 0 Å². The topological polar surface area (TPSA) is 70.1 Å². The summed E-state index contributed by atoms with van der Waals surface area (Å²) in [5.41, 5.74) is 0.453. The van der Waals surface area contributed by atoms with Gasteiger partial charge in [0.1, 0.15) is 17.3 Å². The van der Waals surface area contributed by atoms with E-state index in [4.69, 9.17) is 10.6 Å². The molecule has 1 heterocycles. The van der Waals surface area contributed by atoms with Crippen LogP contribution >= 0.6 is 0 Å². The maximum absolute atomic E-state index is 13.8. The molecule has 2 rings (SSSR count). The standard InChI is InChI=1S/C13H14FN3O2/c1-3-19-13(18)11-12(17(15)8(2)16-11)9-6-4-5-7-10(9)14/h4-7H,3,15H2,1-2H3. The Morgan fingerprint density at radius 1 is 1.47 bits per heavy atom. The summed E-state index contributed by atoms with van der Waals surface area (Å²) in [6.07, 6.45) is 0. The van der Waals surface area contributed by atoms with E-state index in [-0.39, 0.29) is 23.6 Å². The highest BCUT2D eigenvalue weighted by atomic mass is 19.1. The highest BCUT2D eigenvalue weighted by Crippen LogP contribution is 2.26. The van der Waals surface area contributed by atoms with Gasteiger partial charge < -0.3 is 10.6 Å². The van der Waals surface area contributed by atoms with Crippen LogP contribution in [0.3, 0.4) is 0 Å². The molecule has 0 fully saturated rings. The SMILES string of the molecule is CCOC(=O)c1nc(C)n(N)c1-c1ccccc1F. The van der Waals surface area contributed by atoms with Crippen molar-refractivity contribution in [1.82, 2.24) is 9.66 Å². The van der Waals surface area contributed by atoms with Gasteiger partial charge in [0, 0.05) is 5.56 Å². The van der Waals surface area contributed by atoms with Crippen molar-refractivity contribution >= 4 is 5.97 Å². The zero-order valence-corrected chi connectivity index (χ0v) is 10.7. The summed E-state index contributed by atoms with van der Waals surface area (Å²) in [6.45, 7) is 3.53. The van der Waals surface area contributed by atoms with Crippen LogP contribution in [0.5, 0.6) is 0 Å². The fraction of sp³-hybridized carbons (Fsp3) is 0.231. The van der Waals surface area contributed by atoms with E-state index < -0.39 is 11.8 Å². The molecule has 1 aromatic heterocycles. The van der Waals surface area contributed by atoms with Crippen molar-refractivity contribution in [2.45, 2.75) is 13.8 Å². The molecule has 5 nitrogen and oxygen atoms in total. The average Bonchev–Trinajstić information content (AvgIpc) is 2.67. The van der Waals surface area contributed by atoms with E-state index in [0.717, 1.165) is 0 Å². The van der Waals surface area contributed by atoms with Crippen LogP contribution < -0.4 is 5.84 Å². The zero-order valence-electron chi connectivity index (χ0n) is 10.7. The van der Waals surface area contributed by atoms with Gasteiger partial charge in [-0.15, -0.1) is 0 Å². The summed E-state index contributed by atoms with van der Waals surface area (Å²) in [4.78, 5) is 15.9. The van der Waals surface area contributed by atoms with Gasteiger partial charge >= 0.3 is 5.97 Å². The molecule has 0 aliphatic rings. The van der Waals surface area contributed by atoms with Crippen LogP contribution in [-0.2, 0) is 4.74 Å². The third kappa shape index (κ3) is 2.29. The highest BCUT2D eigenvalue weighted by Gasteiger charge is 2.23. The number of nitrogens with zero attached hydrogens (tertiary/aromatic N) is 2. The number of carbonyl (C=O) groups is 1. The molecule has 0 aliphatic carbocycles. The molecule has 0 saturated heterocycles. The number of imidazole rings is 1. The lowest BCUT2D eigenvalue weighted by Crippen LogP contribution is -2.14. The van der Waals surface area contributed by atoms with E-state index in [1.807, 2.05) is 0 Å². The minimum Gasteiger partial charge on any atom is -0.461 e. The lowest BCUT2D eigenvalue weighted by molar-refractivity contribution is 0.0521. The van der Waals surface area contributed by atoms with Crippen LogP contribution in [0.1, 0.15) is 23.2 Å². The van der Waals surface area contributed by atoms with Crippen molar-refractivity contribution in [2.75, 3.05) is 12.4 Å². The van der Waals surface area contributed by atoms with E-state index in [1.165, 1.54) is 16.8 Å². The van der Waals surface area contributed by atoms with Gasteiger partial charge in [-0.1, -0.05) is 12.1 Å². The lowest BCUT2D eigenvalue weighted by Gasteiger charge is -2.07. The molecule has 19 heavy (non-hydrogen) atoms. The molecule has 0 aliphatic heterocycles. The first kappa shape index (κ1) is 13.1. The number of halogens is 1. The third-order valence-corrected chi connectivity index (χ3v) is 2.69. The predicted octanol–water partition coefficient (Wildman–Crippen LogP) is 1.89. The first-order chi connectivity index (χ1) is 9.06. The van der Waals surface area contributed by atoms with Crippen LogP contribution in [0.15, 0.2) is 24.3 Å². The van der Waals surface area contributed by atoms with E-state index in [9.17, 15) is 9.18 Å². The second kappa shape index (κ2) is 5.09. The molecule has 100 valence electrons. The van der Waals surface area contributed by atoms with Gasteiger partial charge in [0.2, 0.25) is 0 Å². The summed E-state index contributed by atoms with van der Waals surface area (Å²) in [6, 6.07) is 6.06. The van der Waals surface area contributed by atoms with Gasteiger partial charge in [-0.25, -0.2) is 18.8 Å². The number of hydrogen-bond donors (Lipinski definition) is 1. The number of carbonyl (C=O) groups excluding carboxylic acids is 1. The van der Waals surface area contributed by atoms with Crippen molar-refractivity contribution in [3.05, 3.63) is 41.6 Å². The summed E-state index contributed by atoms with van der Waals surface area (Å²) < 4.78 is 19.9. The number of ether oxygens (including phenoxy) is 1. The summed E-state index contributed by atoms with van der Waals surface area (Å²) in [5, 5.41) is 0. The Morgan fingerprint density at radius 2 is 2.16 bits per heavy atom. The van der Waals surface area contributed by atoms with E-state index in [1.54, 1.807) is 26.0 Å². The second-order valence-corrected chi connectivity index (χ2v) is 3.93. The first-order valence-corrected chi connectivity index (χ1v) is 5.82. The number of nitrogens with two attached hydrogens (primary N) is 1. The monoisotopic (exact) mass is 263 g/mol. The molecule has 0 atom stereocenters. The predicted molar refractivity (Wildman–Crippen MR) is 68.5 cm³/mol. The number of benzene rings is 1. The molecule has 2 N–H and O–H groups in total. The molecule has 2 aromatic rings. The Bertz CT molecular complexity index is 622. The van der Waals surface area contributed by atoms with Crippen LogP contribution in [0.25, 0.3) is 11.3 Å². The number of nitrogen functional groups attached to an aromatic ring is 1. The average molecular weight is 263 g/mol. The molecule has 0 unspecified atom stereocenters. The maximum atomic E-state index is 13.8. The van der Waals surface area contributed by atoms with Crippen molar-refractivity contribution < 1.29 is 13.9 Å². The first-order valence-electron chi connectivity index (χ1n) is 5.82.